The minimum atomic E-state index is -0.300. The lowest BCUT2D eigenvalue weighted by atomic mass is 10.1. The smallest absolute Gasteiger partial charge is 0.258 e. The van der Waals surface area contributed by atoms with Gasteiger partial charge in [-0.05, 0) is 36.2 Å². The zero-order valence-corrected chi connectivity index (χ0v) is 14.9. The van der Waals surface area contributed by atoms with Gasteiger partial charge in [-0.15, -0.1) is 0 Å². The molecule has 0 fully saturated rings. The summed E-state index contributed by atoms with van der Waals surface area (Å²) in [6, 6.07) is 14.5. The third-order valence-corrected chi connectivity index (χ3v) is 4.48. The Morgan fingerprint density at radius 1 is 0.960 bits per heavy atom. The van der Waals surface area contributed by atoms with Crippen molar-refractivity contribution < 1.29 is 9.59 Å². The number of carbonyl (C=O) groups is 2. The number of aromatic nitrogens is 1. The average molecular weight is 373 g/mol. The Balaban J connectivity index is 0.000000150. The second-order valence-corrected chi connectivity index (χ2v) is 6.20. The van der Waals surface area contributed by atoms with Crippen LogP contribution in [0.1, 0.15) is 33.2 Å². The fourth-order valence-electron chi connectivity index (χ4n) is 2.55. The molecular weight excluding hydrogens is 359 g/mol. The van der Waals surface area contributed by atoms with E-state index in [0.717, 1.165) is 22.9 Å². The number of carbonyl (C=O) groups excluding carboxylic acids is 2. The van der Waals surface area contributed by atoms with Gasteiger partial charge in [0, 0.05) is 5.39 Å². The topological polar surface area (TPSA) is 59.1 Å². The standard InChI is InChI=1S/C11H9Cl2N.C8H5NO2/c1-2-7-6-8-4-3-5-9(12)10(8)14-11(7)13;10-7-5-3-1-2-4-6(5)8(11)9-7/h3-6H,2H2,1H3;1-4H,(H,9,10,11). The lowest BCUT2D eigenvalue weighted by molar-refractivity contribution is 0.0879. The summed E-state index contributed by atoms with van der Waals surface area (Å²) in [5.41, 5.74) is 2.77. The maximum absolute atomic E-state index is 10.9. The highest BCUT2D eigenvalue weighted by Gasteiger charge is 2.25. The average Bonchev–Trinajstić information content (AvgIpc) is 2.91. The fraction of sp³-hybridized carbons (Fsp3) is 0.105. The number of imide groups is 1. The fourth-order valence-corrected chi connectivity index (χ4v) is 3.05. The van der Waals surface area contributed by atoms with E-state index >= 15 is 0 Å². The third-order valence-electron chi connectivity index (χ3n) is 3.85. The first-order valence-electron chi connectivity index (χ1n) is 7.69. The van der Waals surface area contributed by atoms with Gasteiger partial charge in [-0.3, -0.25) is 14.9 Å². The van der Waals surface area contributed by atoms with Crippen molar-refractivity contribution in [2.45, 2.75) is 13.3 Å². The van der Waals surface area contributed by atoms with E-state index in [1.54, 1.807) is 24.3 Å². The Bertz CT molecular complexity index is 953. The Morgan fingerprint density at radius 2 is 1.60 bits per heavy atom. The van der Waals surface area contributed by atoms with E-state index in [-0.39, 0.29) is 11.8 Å². The summed E-state index contributed by atoms with van der Waals surface area (Å²) >= 11 is 12.0. The van der Waals surface area contributed by atoms with Crippen LogP contribution in [0.15, 0.2) is 48.5 Å². The zero-order chi connectivity index (χ0) is 18.0. The van der Waals surface area contributed by atoms with E-state index < -0.39 is 0 Å². The number of para-hydroxylation sites is 1. The number of hydrogen-bond acceptors (Lipinski definition) is 3. The maximum Gasteiger partial charge on any atom is 0.258 e. The van der Waals surface area contributed by atoms with Crippen LogP contribution in [0.25, 0.3) is 10.9 Å². The third kappa shape index (κ3) is 3.50. The van der Waals surface area contributed by atoms with E-state index in [4.69, 9.17) is 23.2 Å². The van der Waals surface area contributed by atoms with Crippen molar-refractivity contribution in [1.29, 1.82) is 0 Å². The van der Waals surface area contributed by atoms with Gasteiger partial charge in [-0.2, -0.15) is 0 Å². The minimum absolute atomic E-state index is 0.300. The number of aryl methyl sites for hydroxylation is 1. The van der Waals surface area contributed by atoms with Gasteiger partial charge in [0.25, 0.3) is 11.8 Å². The largest absolute Gasteiger partial charge is 0.288 e. The van der Waals surface area contributed by atoms with Crippen LogP contribution >= 0.6 is 23.2 Å². The summed E-state index contributed by atoms with van der Waals surface area (Å²) in [4.78, 5) is 26.2. The summed E-state index contributed by atoms with van der Waals surface area (Å²) in [6.07, 6.45) is 0.883. The summed E-state index contributed by atoms with van der Waals surface area (Å²) in [6.45, 7) is 2.05. The van der Waals surface area contributed by atoms with Crippen molar-refractivity contribution in [3.63, 3.8) is 0 Å². The summed E-state index contributed by atoms with van der Waals surface area (Å²) in [5, 5.41) is 4.44. The van der Waals surface area contributed by atoms with Crippen molar-refractivity contribution in [3.8, 4) is 0 Å². The molecule has 1 aliphatic rings. The second kappa shape index (κ2) is 7.21. The molecular formula is C19H14Cl2N2O2. The lowest BCUT2D eigenvalue weighted by Gasteiger charge is -2.04. The first kappa shape index (κ1) is 17.4. The van der Waals surface area contributed by atoms with Gasteiger partial charge in [0.1, 0.15) is 5.15 Å². The van der Waals surface area contributed by atoms with Crippen LogP contribution in [0.2, 0.25) is 10.2 Å². The highest BCUT2D eigenvalue weighted by Crippen LogP contribution is 2.26. The van der Waals surface area contributed by atoms with Gasteiger partial charge in [0.2, 0.25) is 0 Å². The molecule has 0 radical (unpaired) electrons. The van der Waals surface area contributed by atoms with Crippen LogP contribution in [0.3, 0.4) is 0 Å². The summed E-state index contributed by atoms with van der Waals surface area (Å²) in [7, 11) is 0. The Labute approximate surface area is 154 Å². The normalized spacial score (nSPS) is 12.4. The molecule has 0 unspecified atom stereocenters. The molecule has 0 saturated heterocycles. The molecule has 1 N–H and O–H groups in total. The Hall–Kier alpha value is -2.43. The van der Waals surface area contributed by atoms with Crippen molar-refractivity contribution in [2.75, 3.05) is 0 Å². The number of rotatable bonds is 1. The number of nitrogens with zero attached hydrogens (tertiary/aromatic N) is 1. The molecule has 4 rings (SSSR count). The van der Waals surface area contributed by atoms with Crippen molar-refractivity contribution in [3.05, 3.63) is 75.4 Å². The number of halogens is 2. The number of amides is 2. The highest BCUT2D eigenvalue weighted by molar-refractivity contribution is 6.35. The van der Waals surface area contributed by atoms with Gasteiger partial charge in [0.05, 0.1) is 21.7 Å². The molecule has 6 heteroatoms. The SMILES string of the molecule is CCc1cc2cccc(Cl)c2nc1Cl.O=C1NC(=O)c2ccccc21. The molecule has 25 heavy (non-hydrogen) atoms. The van der Waals surface area contributed by atoms with Crippen LogP contribution in [0.4, 0.5) is 0 Å². The molecule has 4 nitrogen and oxygen atoms in total. The molecule has 1 aromatic heterocycles. The van der Waals surface area contributed by atoms with Crippen molar-refractivity contribution in [2.24, 2.45) is 0 Å². The lowest BCUT2D eigenvalue weighted by Crippen LogP contribution is -2.19. The molecule has 0 saturated carbocycles. The molecule has 0 spiro atoms. The molecule has 2 heterocycles. The van der Waals surface area contributed by atoms with Gasteiger partial charge in [-0.25, -0.2) is 4.98 Å². The first-order valence-corrected chi connectivity index (χ1v) is 8.45. The van der Waals surface area contributed by atoms with E-state index in [2.05, 4.69) is 17.2 Å². The predicted octanol–water partition coefficient (Wildman–Crippen LogP) is 4.67. The van der Waals surface area contributed by atoms with Gasteiger partial charge in [0.15, 0.2) is 0 Å². The Kier molecular flexibility index (Phi) is 5.02. The van der Waals surface area contributed by atoms with Crippen LogP contribution in [-0.2, 0) is 6.42 Å². The summed E-state index contributed by atoms with van der Waals surface area (Å²) < 4.78 is 0. The number of benzene rings is 2. The highest BCUT2D eigenvalue weighted by atomic mass is 35.5. The van der Waals surface area contributed by atoms with Gasteiger partial charge >= 0.3 is 0 Å². The summed E-state index contributed by atoms with van der Waals surface area (Å²) in [5.74, 6) is -0.601. The number of pyridine rings is 1. The second-order valence-electron chi connectivity index (χ2n) is 5.43. The van der Waals surface area contributed by atoms with Crippen LogP contribution < -0.4 is 5.32 Å². The van der Waals surface area contributed by atoms with E-state index in [1.807, 2.05) is 24.3 Å². The van der Waals surface area contributed by atoms with Gasteiger partial charge < -0.3 is 0 Å². The molecule has 1 aliphatic heterocycles. The quantitative estimate of drug-likeness (QED) is 0.498. The molecule has 2 amide bonds. The van der Waals surface area contributed by atoms with E-state index in [1.165, 1.54) is 0 Å². The number of fused-ring (bicyclic) bond motifs is 2. The monoisotopic (exact) mass is 372 g/mol. The molecule has 126 valence electrons. The minimum Gasteiger partial charge on any atom is -0.288 e. The molecule has 2 aromatic carbocycles. The zero-order valence-electron chi connectivity index (χ0n) is 13.3. The molecule has 0 aliphatic carbocycles. The van der Waals surface area contributed by atoms with E-state index in [9.17, 15) is 9.59 Å². The molecule has 0 bridgehead atoms. The van der Waals surface area contributed by atoms with Crippen molar-refractivity contribution in [1.82, 2.24) is 10.3 Å². The predicted molar refractivity (Wildman–Crippen MR) is 99.4 cm³/mol. The maximum atomic E-state index is 10.9. The Morgan fingerprint density at radius 3 is 2.20 bits per heavy atom. The van der Waals surface area contributed by atoms with Gasteiger partial charge in [-0.1, -0.05) is 54.4 Å². The number of nitrogens with one attached hydrogen (secondary N) is 1. The van der Waals surface area contributed by atoms with Crippen LogP contribution in [0.5, 0.6) is 0 Å². The first-order chi connectivity index (χ1) is 12.0. The van der Waals surface area contributed by atoms with Crippen LogP contribution in [-0.4, -0.2) is 16.8 Å². The number of hydrogen-bond donors (Lipinski definition) is 1. The van der Waals surface area contributed by atoms with Crippen LogP contribution in [0, 0.1) is 0 Å². The molecule has 0 atom stereocenters. The van der Waals surface area contributed by atoms with E-state index in [0.29, 0.717) is 21.3 Å². The van der Waals surface area contributed by atoms with Crippen molar-refractivity contribution >= 4 is 45.9 Å². The molecule has 3 aromatic rings.